The van der Waals surface area contributed by atoms with Crippen molar-refractivity contribution >= 4 is 57.1 Å². The maximum atomic E-state index is 10.5. The second kappa shape index (κ2) is 23.4. The Kier molecular flexibility index (Phi) is 19.1. The number of carboxylic acid groups (broad SMARTS) is 2. The summed E-state index contributed by atoms with van der Waals surface area (Å²) < 4.78 is 8.01. The summed E-state index contributed by atoms with van der Waals surface area (Å²) in [5, 5.41) is 27.5. The molecule has 0 aliphatic heterocycles. The van der Waals surface area contributed by atoms with Crippen molar-refractivity contribution < 1.29 is 24.7 Å². The third-order valence-corrected chi connectivity index (χ3v) is 44.8. The van der Waals surface area contributed by atoms with Crippen molar-refractivity contribution in [2.45, 2.75) is 216 Å². The van der Waals surface area contributed by atoms with Gasteiger partial charge in [-0.15, -0.1) is 0 Å². The number of rotatable bonds is 9. The van der Waals surface area contributed by atoms with Gasteiger partial charge in [-0.1, -0.05) is 0 Å². The van der Waals surface area contributed by atoms with E-state index < -0.39 is 73.2 Å². The molecule has 9 heteroatoms. The SMILES string of the molecule is C1CC[CH]([SnH]([CH]2CCCCC2)[CH]2CCCCC2)CC1.C1CC[CH]([SnH]([CH]2CCCCC2)[CH]2CCCCC2)CC1.O=C(O)c1cc(C(=O)O)cc([N+](=O)[O-])c1. The zero-order chi connectivity index (χ0) is 37.4. The third-order valence-electron chi connectivity index (χ3n) is 14.8. The Bertz CT molecular complexity index is 1040. The maximum Gasteiger partial charge on any atom is 0.335 e. The van der Waals surface area contributed by atoms with Crippen molar-refractivity contribution in [1.29, 1.82) is 0 Å². The number of carboxylic acids is 2. The molecule has 1 aromatic carbocycles. The summed E-state index contributed by atoms with van der Waals surface area (Å²) in [6.45, 7) is 0. The van der Waals surface area contributed by atoms with Gasteiger partial charge in [0, 0.05) is 12.1 Å². The van der Waals surface area contributed by atoms with Crippen LogP contribution >= 0.6 is 0 Å². The second-order valence-corrected chi connectivity index (χ2v) is 40.9. The minimum Gasteiger partial charge on any atom is -0.478 e. The van der Waals surface area contributed by atoms with Gasteiger partial charge in [-0.05, 0) is 6.07 Å². The predicted octanol–water partition coefficient (Wildman–Crippen LogP) is 13.4. The monoisotopic (exact) mass is 951 g/mol. The average Bonchev–Trinajstić information content (AvgIpc) is 3.21. The van der Waals surface area contributed by atoms with E-state index in [-0.39, 0.29) is 0 Å². The van der Waals surface area contributed by atoms with E-state index in [1.165, 1.54) is 23.6 Å². The van der Waals surface area contributed by atoms with E-state index in [9.17, 15) is 19.7 Å². The molecule has 2 N–H and O–H groups in total. The van der Waals surface area contributed by atoms with E-state index >= 15 is 0 Å². The smallest absolute Gasteiger partial charge is 0.335 e. The van der Waals surface area contributed by atoms with Crippen molar-refractivity contribution in [3.8, 4) is 0 Å². The number of carbonyl (C=O) groups is 2. The normalized spacial score (nSPS) is 23.4. The van der Waals surface area contributed by atoms with Crippen LogP contribution in [-0.2, 0) is 0 Å². The maximum absolute atomic E-state index is 10.5. The molecule has 0 atom stereocenters. The number of hydrogen-bond donors (Lipinski definition) is 2. The van der Waals surface area contributed by atoms with Crippen LogP contribution in [0.25, 0.3) is 0 Å². The number of hydrogen-bond acceptors (Lipinski definition) is 4. The van der Waals surface area contributed by atoms with Crippen molar-refractivity contribution in [3.05, 3.63) is 39.4 Å². The Hall–Kier alpha value is -0.843. The molecule has 0 bridgehead atoms. The molecule has 7 rings (SSSR count). The van der Waals surface area contributed by atoms with E-state index in [0.29, 0.717) is 0 Å². The molecule has 0 aromatic heterocycles. The molecule has 0 radical (unpaired) electrons. The van der Waals surface area contributed by atoms with Crippen molar-refractivity contribution in [1.82, 2.24) is 0 Å². The standard InChI is InChI=1S/C8H5NO6.6C6H11.2Sn.2H/c10-7(11)4-1-5(8(12)13)3-6(2-4)9(14)15;6*1-2-4-6-5-3-1;;;;/h1-3H,(H,10,11)(H,12,13);6*1H,2-6H2;;;;. The van der Waals surface area contributed by atoms with Gasteiger partial charge in [0.1, 0.15) is 0 Å². The number of benzene rings is 1. The fraction of sp³-hybridized carbons (Fsp3) is 0.818. The van der Waals surface area contributed by atoms with Gasteiger partial charge in [-0.3, -0.25) is 10.1 Å². The zero-order valence-electron chi connectivity index (χ0n) is 33.0. The van der Waals surface area contributed by atoms with Gasteiger partial charge >= 0.3 is 268 Å². The first-order chi connectivity index (χ1) is 25.8. The van der Waals surface area contributed by atoms with Crippen LogP contribution in [0, 0.1) is 10.1 Å². The first-order valence-electron chi connectivity index (χ1n) is 22.6. The summed E-state index contributed by atoms with van der Waals surface area (Å²) in [6.07, 6.45) is 48.6. The van der Waals surface area contributed by atoms with Crippen LogP contribution in [-0.4, -0.2) is 66.6 Å². The molecule has 1 aromatic rings. The van der Waals surface area contributed by atoms with Crippen LogP contribution in [0.2, 0.25) is 23.6 Å². The molecule has 0 spiro atoms. The Morgan fingerprint density at radius 3 is 0.811 bits per heavy atom. The number of aromatic carboxylic acids is 2. The molecule has 6 fully saturated rings. The van der Waals surface area contributed by atoms with Crippen LogP contribution in [0.15, 0.2) is 18.2 Å². The van der Waals surface area contributed by atoms with Crippen molar-refractivity contribution in [3.63, 3.8) is 0 Å². The van der Waals surface area contributed by atoms with Gasteiger partial charge in [0.2, 0.25) is 0 Å². The van der Waals surface area contributed by atoms with Gasteiger partial charge in [0.05, 0.1) is 16.1 Å². The Morgan fingerprint density at radius 1 is 0.434 bits per heavy atom. The van der Waals surface area contributed by atoms with E-state index in [0.717, 1.165) is 18.2 Å². The van der Waals surface area contributed by atoms with Gasteiger partial charge in [0.15, 0.2) is 0 Å². The molecular weight excluding hydrogens is 876 g/mol. The van der Waals surface area contributed by atoms with Crippen LogP contribution < -0.4 is 0 Å². The topological polar surface area (TPSA) is 118 Å². The fourth-order valence-corrected chi connectivity index (χ4v) is 46.8. The fourth-order valence-electron chi connectivity index (χ4n) is 12.4. The quantitative estimate of drug-likeness (QED) is 0.145. The average molecular weight is 949 g/mol. The molecule has 6 aliphatic rings. The predicted molar refractivity (Wildman–Crippen MR) is 222 cm³/mol. The largest absolute Gasteiger partial charge is 0.478 e. The number of nitrogens with zero attached hydrogens (tertiary/aromatic N) is 1. The second-order valence-electron chi connectivity index (χ2n) is 18.2. The van der Waals surface area contributed by atoms with E-state index in [1.807, 2.05) is 0 Å². The summed E-state index contributed by atoms with van der Waals surface area (Å²) in [5.41, 5.74) is -1.42. The van der Waals surface area contributed by atoms with Gasteiger partial charge in [-0.25, -0.2) is 9.59 Å². The molecule has 53 heavy (non-hydrogen) atoms. The third kappa shape index (κ3) is 13.7. The van der Waals surface area contributed by atoms with E-state index in [1.54, 1.807) is 193 Å². The number of nitro benzene ring substituents is 1. The molecular formula is C44H73NO6Sn2. The van der Waals surface area contributed by atoms with Crippen LogP contribution in [0.1, 0.15) is 213 Å². The molecule has 0 amide bonds. The minimum absolute atomic E-state index is 0.429. The molecule has 7 nitrogen and oxygen atoms in total. The minimum atomic E-state index is -1.42. The molecule has 6 aliphatic carbocycles. The Labute approximate surface area is 335 Å². The van der Waals surface area contributed by atoms with E-state index in [2.05, 4.69) is 0 Å². The molecule has 0 saturated heterocycles. The first kappa shape index (κ1) is 43.3. The molecule has 298 valence electrons. The summed E-state index contributed by atoms with van der Waals surface area (Å²) in [6, 6.07) is 2.46. The van der Waals surface area contributed by atoms with E-state index in [4.69, 9.17) is 10.2 Å². The summed E-state index contributed by atoms with van der Waals surface area (Å²) >= 11 is -2.61. The zero-order valence-corrected chi connectivity index (χ0v) is 39.6. The summed E-state index contributed by atoms with van der Waals surface area (Å²) in [7, 11) is 0. The Balaban J connectivity index is 0.000000155. The van der Waals surface area contributed by atoms with Gasteiger partial charge < -0.3 is 10.2 Å². The van der Waals surface area contributed by atoms with Crippen molar-refractivity contribution in [2.75, 3.05) is 0 Å². The van der Waals surface area contributed by atoms with Gasteiger partial charge in [0.25, 0.3) is 5.69 Å². The Morgan fingerprint density at radius 2 is 0.642 bits per heavy atom. The molecule has 0 heterocycles. The number of nitro groups is 1. The first-order valence-corrected chi connectivity index (χ1v) is 34.0. The molecule has 6 saturated carbocycles. The van der Waals surface area contributed by atoms with Gasteiger partial charge in [-0.2, -0.15) is 0 Å². The summed E-state index contributed by atoms with van der Waals surface area (Å²) in [5.74, 6) is -2.83. The number of non-ortho nitro benzene ring substituents is 1. The van der Waals surface area contributed by atoms with Crippen LogP contribution in [0.4, 0.5) is 5.69 Å². The van der Waals surface area contributed by atoms with Crippen LogP contribution in [0.5, 0.6) is 0 Å². The summed E-state index contributed by atoms with van der Waals surface area (Å²) in [4.78, 5) is 30.6. The van der Waals surface area contributed by atoms with Crippen LogP contribution in [0.3, 0.4) is 0 Å². The van der Waals surface area contributed by atoms with Crippen molar-refractivity contribution in [2.24, 2.45) is 0 Å². The molecule has 0 unspecified atom stereocenters.